The maximum absolute atomic E-state index is 13.2. The van der Waals surface area contributed by atoms with Crippen molar-refractivity contribution in [3.05, 3.63) is 35.5 Å². The van der Waals surface area contributed by atoms with Gasteiger partial charge in [-0.3, -0.25) is 0 Å². The first-order valence-corrected chi connectivity index (χ1v) is 8.93. The predicted octanol–water partition coefficient (Wildman–Crippen LogP) is 4.53. The number of benzene rings is 1. The lowest BCUT2D eigenvalue weighted by Crippen LogP contribution is -2.29. The number of anilines is 4. The Morgan fingerprint density at radius 3 is 2.52 bits per heavy atom. The summed E-state index contributed by atoms with van der Waals surface area (Å²) in [6.07, 6.45) is -1.14. The van der Waals surface area contributed by atoms with Crippen LogP contribution in [-0.4, -0.2) is 27.8 Å². The highest BCUT2D eigenvalue weighted by Gasteiger charge is 2.37. The van der Waals surface area contributed by atoms with Gasteiger partial charge in [0.2, 0.25) is 5.95 Å². The first-order chi connectivity index (χ1) is 13.6. The van der Waals surface area contributed by atoms with E-state index in [2.05, 4.69) is 32.0 Å². The van der Waals surface area contributed by atoms with E-state index in [4.69, 9.17) is 5.41 Å². The molecule has 0 aliphatic heterocycles. The number of nitriles is 1. The Hall–Kier alpha value is -3.35. The summed E-state index contributed by atoms with van der Waals surface area (Å²) in [4.78, 5) is 7.80. The second-order valence-electron chi connectivity index (χ2n) is 7.27. The summed E-state index contributed by atoms with van der Waals surface area (Å²) in [5.41, 5.74) is -0.414. The third-order valence-electron chi connectivity index (χ3n) is 4.24. The van der Waals surface area contributed by atoms with Gasteiger partial charge in [0, 0.05) is 29.7 Å². The molecule has 1 saturated carbocycles. The molecule has 7 nitrogen and oxygen atoms in total. The van der Waals surface area contributed by atoms with Gasteiger partial charge in [-0.05, 0) is 38.8 Å². The molecule has 10 heteroatoms. The summed E-state index contributed by atoms with van der Waals surface area (Å²) in [7, 11) is 0. The van der Waals surface area contributed by atoms with E-state index >= 15 is 0 Å². The van der Waals surface area contributed by atoms with Gasteiger partial charge in [0.25, 0.3) is 0 Å². The first-order valence-electron chi connectivity index (χ1n) is 8.93. The number of nitrogens with one attached hydrogen (secondary N) is 4. The Labute approximate surface area is 165 Å². The van der Waals surface area contributed by atoms with Crippen LogP contribution in [0, 0.1) is 16.7 Å². The van der Waals surface area contributed by atoms with E-state index in [1.54, 1.807) is 32.0 Å². The highest BCUT2D eigenvalue weighted by molar-refractivity contribution is 5.94. The summed E-state index contributed by atoms with van der Waals surface area (Å²) >= 11 is 0. The van der Waals surface area contributed by atoms with Crippen LogP contribution in [0.25, 0.3) is 0 Å². The van der Waals surface area contributed by atoms with E-state index in [9.17, 15) is 18.4 Å². The Morgan fingerprint density at radius 2 is 1.93 bits per heavy atom. The van der Waals surface area contributed by atoms with Gasteiger partial charge in [-0.25, -0.2) is 4.98 Å². The van der Waals surface area contributed by atoms with Crippen molar-refractivity contribution in [1.29, 1.82) is 10.7 Å². The summed E-state index contributed by atoms with van der Waals surface area (Å²) in [6, 6.07) is 7.15. The van der Waals surface area contributed by atoms with Crippen LogP contribution in [0.1, 0.15) is 37.8 Å². The molecule has 152 valence electrons. The molecular formula is C19H20F3N7. The van der Waals surface area contributed by atoms with Crippen molar-refractivity contribution in [1.82, 2.24) is 9.97 Å². The van der Waals surface area contributed by atoms with Crippen molar-refractivity contribution in [3.8, 4) is 6.07 Å². The average Bonchev–Trinajstić information content (AvgIpc) is 3.45. The Bertz CT molecular complexity index is 959. The lowest BCUT2D eigenvalue weighted by atomic mass is 10.0. The van der Waals surface area contributed by atoms with Crippen LogP contribution in [0.2, 0.25) is 0 Å². The molecule has 0 unspecified atom stereocenters. The zero-order chi connectivity index (χ0) is 21.2. The molecular weight excluding hydrogens is 383 g/mol. The van der Waals surface area contributed by atoms with Gasteiger partial charge in [0.1, 0.15) is 16.9 Å². The van der Waals surface area contributed by atoms with Gasteiger partial charge in [-0.2, -0.15) is 23.4 Å². The maximum atomic E-state index is 13.2. The van der Waals surface area contributed by atoms with Crippen molar-refractivity contribution in [2.45, 2.75) is 44.4 Å². The molecule has 0 radical (unpaired) electrons. The summed E-state index contributed by atoms with van der Waals surface area (Å²) in [5.74, 6) is -0.297. The van der Waals surface area contributed by atoms with Crippen LogP contribution in [0.4, 0.5) is 36.3 Å². The molecule has 1 heterocycles. The van der Waals surface area contributed by atoms with Crippen molar-refractivity contribution >= 4 is 29.4 Å². The fourth-order valence-electron chi connectivity index (χ4n) is 2.60. The zero-order valence-electron chi connectivity index (χ0n) is 15.9. The normalized spacial score (nSPS) is 14.1. The number of nitrogens with zero attached hydrogens (tertiary/aromatic N) is 3. The molecule has 3 rings (SSSR count). The summed E-state index contributed by atoms with van der Waals surface area (Å²) in [6.45, 7) is 3.38. The van der Waals surface area contributed by atoms with E-state index < -0.39 is 17.3 Å². The summed E-state index contributed by atoms with van der Waals surface area (Å²) < 4.78 is 39.7. The summed E-state index contributed by atoms with van der Waals surface area (Å²) in [5, 5.41) is 25.6. The largest absolute Gasteiger partial charge is 0.421 e. The van der Waals surface area contributed by atoms with Crippen molar-refractivity contribution < 1.29 is 13.2 Å². The van der Waals surface area contributed by atoms with Crippen LogP contribution in [-0.2, 0) is 6.18 Å². The molecule has 1 fully saturated rings. The first kappa shape index (κ1) is 20.4. The highest BCUT2D eigenvalue weighted by Crippen LogP contribution is 2.36. The van der Waals surface area contributed by atoms with Crippen LogP contribution in [0.15, 0.2) is 24.4 Å². The number of rotatable bonds is 7. The van der Waals surface area contributed by atoms with E-state index in [-0.39, 0.29) is 17.8 Å². The lowest BCUT2D eigenvalue weighted by molar-refractivity contribution is -0.137. The van der Waals surface area contributed by atoms with Crippen LogP contribution >= 0.6 is 0 Å². The quantitative estimate of drug-likeness (QED) is 0.506. The van der Waals surface area contributed by atoms with E-state index in [1.165, 1.54) is 0 Å². The van der Waals surface area contributed by atoms with Crippen LogP contribution < -0.4 is 16.0 Å². The molecule has 1 aliphatic rings. The third-order valence-corrected chi connectivity index (χ3v) is 4.24. The number of alkyl halides is 3. The number of aromatic nitrogens is 2. The molecule has 29 heavy (non-hydrogen) atoms. The van der Waals surface area contributed by atoms with E-state index in [0.29, 0.717) is 16.9 Å². The second kappa shape index (κ2) is 7.58. The Balaban J connectivity index is 1.93. The van der Waals surface area contributed by atoms with E-state index in [1.807, 2.05) is 0 Å². The van der Waals surface area contributed by atoms with Gasteiger partial charge < -0.3 is 21.4 Å². The second-order valence-corrected chi connectivity index (χ2v) is 7.27. The molecule has 1 aromatic heterocycles. The molecule has 0 spiro atoms. The van der Waals surface area contributed by atoms with Gasteiger partial charge in [0.15, 0.2) is 0 Å². The lowest BCUT2D eigenvalue weighted by Gasteiger charge is -2.22. The van der Waals surface area contributed by atoms with Crippen LogP contribution in [0.5, 0.6) is 0 Å². The Morgan fingerprint density at radius 1 is 1.24 bits per heavy atom. The van der Waals surface area contributed by atoms with Gasteiger partial charge in [-0.15, -0.1) is 0 Å². The standard InChI is InChI=1S/C19H20F3N7/c1-18(2,10-24)29-15-5-3-4-14(12(15)8-23)27-17-25-9-13(19(20,21)22)16(28-17)26-11-6-7-11/h3-5,8-9,11,23,29H,6-7H2,1-2H3,(H2,25,26,27,28). The monoisotopic (exact) mass is 403 g/mol. The van der Waals surface area contributed by atoms with Gasteiger partial charge >= 0.3 is 6.18 Å². The fourth-order valence-corrected chi connectivity index (χ4v) is 2.60. The minimum Gasteiger partial charge on any atom is -0.367 e. The van der Waals surface area contributed by atoms with Crippen molar-refractivity contribution in [3.63, 3.8) is 0 Å². The predicted molar refractivity (Wildman–Crippen MR) is 105 cm³/mol. The Kier molecular flexibility index (Phi) is 5.33. The molecule has 0 amide bonds. The zero-order valence-corrected chi connectivity index (χ0v) is 15.9. The minimum absolute atomic E-state index is 0.0169. The van der Waals surface area contributed by atoms with Crippen molar-refractivity contribution in [2.24, 2.45) is 0 Å². The van der Waals surface area contributed by atoms with Crippen LogP contribution in [0.3, 0.4) is 0 Å². The molecule has 4 N–H and O–H groups in total. The average molecular weight is 403 g/mol. The van der Waals surface area contributed by atoms with Crippen molar-refractivity contribution in [2.75, 3.05) is 16.0 Å². The minimum atomic E-state index is -4.57. The number of hydrogen-bond acceptors (Lipinski definition) is 7. The topological polar surface area (TPSA) is 110 Å². The molecule has 2 aromatic rings. The molecule has 1 aromatic carbocycles. The van der Waals surface area contributed by atoms with E-state index in [0.717, 1.165) is 25.3 Å². The SMILES string of the molecule is CC(C)(C#N)Nc1cccc(Nc2ncc(C(F)(F)F)c(NC3CC3)n2)c1C=N. The molecule has 0 saturated heterocycles. The highest BCUT2D eigenvalue weighted by atomic mass is 19.4. The number of halogens is 3. The van der Waals surface area contributed by atoms with Gasteiger partial charge in [-0.1, -0.05) is 6.07 Å². The maximum Gasteiger partial charge on any atom is 0.421 e. The molecule has 1 aliphatic carbocycles. The molecule has 0 atom stereocenters. The number of hydrogen-bond donors (Lipinski definition) is 4. The molecule has 0 bridgehead atoms. The third kappa shape index (κ3) is 4.93. The smallest absolute Gasteiger partial charge is 0.367 e. The fraction of sp³-hybridized carbons (Fsp3) is 0.368. The van der Waals surface area contributed by atoms with Gasteiger partial charge in [0.05, 0.1) is 11.8 Å².